The Labute approximate surface area is 202 Å². The van der Waals surface area contributed by atoms with Gasteiger partial charge in [0, 0.05) is 36.0 Å². The second-order valence-corrected chi connectivity index (χ2v) is 9.56. The van der Waals surface area contributed by atoms with Crippen molar-refractivity contribution in [2.24, 2.45) is 0 Å². The van der Waals surface area contributed by atoms with E-state index in [0.717, 1.165) is 41.0 Å². The molecule has 0 fully saturated rings. The topological polar surface area (TPSA) is 110 Å². The Bertz CT molecular complexity index is 1450. The summed E-state index contributed by atoms with van der Waals surface area (Å²) in [6, 6.07) is 11.8. The van der Waals surface area contributed by atoms with Crippen LogP contribution in [0.3, 0.4) is 0 Å². The Morgan fingerprint density at radius 3 is 2.83 bits per heavy atom. The first-order valence-corrected chi connectivity index (χ1v) is 11.7. The lowest BCUT2D eigenvalue weighted by atomic mass is 9.86. The number of benzene rings is 2. The van der Waals surface area contributed by atoms with E-state index in [9.17, 15) is 9.59 Å². The SMILES string of the molecule is COC(=O)C[C@H](c1c(Cc2ccc3c(c2)CCC(C)(C)O3)[nH][nH]c1=O)c1cccc2nccnc12. The molecule has 0 saturated carbocycles. The lowest BCUT2D eigenvalue weighted by molar-refractivity contribution is -0.140. The van der Waals surface area contributed by atoms with Gasteiger partial charge >= 0.3 is 5.97 Å². The van der Waals surface area contributed by atoms with Crippen molar-refractivity contribution in [3.8, 4) is 5.75 Å². The van der Waals surface area contributed by atoms with E-state index in [-0.39, 0.29) is 17.6 Å². The molecule has 1 atom stereocenters. The van der Waals surface area contributed by atoms with Crippen LogP contribution >= 0.6 is 0 Å². The molecule has 3 heterocycles. The maximum Gasteiger partial charge on any atom is 0.306 e. The summed E-state index contributed by atoms with van der Waals surface area (Å²) >= 11 is 0. The van der Waals surface area contributed by atoms with Crippen LogP contribution in [-0.2, 0) is 22.4 Å². The molecule has 8 heteroatoms. The second kappa shape index (κ2) is 9.02. The first-order chi connectivity index (χ1) is 16.8. The minimum absolute atomic E-state index is 0.00717. The van der Waals surface area contributed by atoms with Crippen LogP contribution in [0, 0.1) is 0 Å². The number of carbonyl (C=O) groups is 1. The zero-order chi connectivity index (χ0) is 24.6. The third kappa shape index (κ3) is 4.56. The fourth-order valence-electron chi connectivity index (χ4n) is 4.85. The van der Waals surface area contributed by atoms with Gasteiger partial charge in [-0.15, -0.1) is 0 Å². The van der Waals surface area contributed by atoms with Gasteiger partial charge in [0.25, 0.3) is 5.56 Å². The van der Waals surface area contributed by atoms with Gasteiger partial charge in [-0.25, -0.2) is 0 Å². The van der Waals surface area contributed by atoms with Gasteiger partial charge in [-0.2, -0.15) is 0 Å². The molecule has 0 bridgehead atoms. The number of ether oxygens (including phenoxy) is 2. The molecule has 0 saturated heterocycles. The summed E-state index contributed by atoms with van der Waals surface area (Å²) in [5.41, 5.74) is 5.12. The monoisotopic (exact) mass is 472 g/mol. The highest BCUT2D eigenvalue weighted by atomic mass is 16.5. The van der Waals surface area contributed by atoms with Crippen LogP contribution in [0.2, 0.25) is 0 Å². The van der Waals surface area contributed by atoms with Crippen molar-refractivity contribution >= 4 is 17.0 Å². The zero-order valence-corrected chi connectivity index (χ0v) is 20.1. The number of hydrogen-bond acceptors (Lipinski definition) is 6. The third-order valence-corrected chi connectivity index (χ3v) is 6.64. The number of nitrogens with one attached hydrogen (secondary N) is 2. The molecule has 0 spiro atoms. The van der Waals surface area contributed by atoms with E-state index in [1.165, 1.54) is 7.11 Å². The van der Waals surface area contributed by atoms with Gasteiger partial charge in [-0.05, 0) is 55.5 Å². The Morgan fingerprint density at radius 1 is 1.17 bits per heavy atom. The van der Waals surface area contributed by atoms with E-state index >= 15 is 0 Å². The Kier molecular flexibility index (Phi) is 5.88. The molecule has 2 aromatic carbocycles. The Balaban J connectivity index is 1.55. The molecule has 180 valence electrons. The molecule has 0 aliphatic carbocycles. The van der Waals surface area contributed by atoms with Crippen LogP contribution in [0.1, 0.15) is 60.6 Å². The average molecular weight is 473 g/mol. The van der Waals surface area contributed by atoms with Crippen LogP contribution in [0.15, 0.2) is 53.6 Å². The van der Waals surface area contributed by atoms with Crippen LogP contribution in [0.25, 0.3) is 11.0 Å². The summed E-state index contributed by atoms with van der Waals surface area (Å²) < 4.78 is 11.1. The zero-order valence-electron chi connectivity index (χ0n) is 20.1. The lowest BCUT2D eigenvalue weighted by Gasteiger charge is -2.32. The summed E-state index contributed by atoms with van der Waals surface area (Å²) in [5, 5.41) is 5.78. The minimum Gasteiger partial charge on any atom is -0.488 e. The van der Waals surface area contributed by atoms with Crippen molar-refractivity contribution in [3.05, 3.63) is 87.1 Å². The van der Waals surface area contributed by atoms with E-state index in [4.69, 9.17) is 9.47 Å². The number of methoxy groups -OCH3 is 1. The first-order valence-electron chi connectivity index (χ1n) is 11.7. The van der Waals surface area contributed by atoms with Crippen molar-refractivity contribution in [2.45, 2.75) is 51.0 Å². The van der Waals surface area contributed by atoms with E-state index in [0.29, 0.717) is 23.0 Å². The van der Waals surface area contributed by atoms with E-state index in [1.807, 2.05) is 30.3 Å². The number of esters is 1. The molecule has 1 aliphatic rings. The van der Waals surface area contributed by atoms with Crippen LogP contribution in [0.5, 0.6) is 5.75 Å². The Hall–Kier alpha value is -3.94. The van der Waals surface area contributed by atoms with Crippen molar-refractivity contribution < 1.29 is 14.3 Å². The van der Waals surface area contributed by atoms with E-state index in [1.54, 1.807) is 12.4 Å². The quantitative estimate of drug-likeness (QED) is 0.410. The molecular weight excluding hydrogens is 444 g/mol. The molecule has 35 heavy (non-hydrogen) atoms. The Morgan fingerprint density at radius 2 is 2.00 bits per heavy atom. The highest BCUT2D eigenvalue weighted by molar-refractivity contribution is 5.80. The number of carbonyl (C=O) groups excluding carboxylic acids is 1. The normalized spacial score (nSPS) is 15.3. The molecule has 2 N–H and O–H groups in total. The molecule has 0 radical (unpaired) electrons. The van der Waals surface area contributed by atoms with Crippen molar-refractivity contribution in [3.63, 3.8) is 0 Å². The van der Waals surface area contributed by atoms with Crippen molar-refractivity contribution in [2.75, 3.05) is 7.11 Å². The maximum atomic E-state index is 13.1. The first kappa shape index (κ1) is 22.8. The van der Waals surface area contributed by atoms with Gasteiger partial charge < -0.3 is 14.6 Å². The summed E-state index contributed by atoms with van der Waals surface area (Å²) in [5.74, 6) is -0.0451. The van der Waals surface area contributed by atoms with Crippen molar-refractivity contribution in [1.82, 2.24) is 20.2 Å². The number of rotatable bonds is 6. The predicted molar refractivity (Wildman–Crippen MR) is 132 cm³/mol. The molecule has 0 unspecified atom stereocenters. The summed E-state index contributed by atoms with van der Waals surface area (Å²) in [6.07, 6.45) is 5.62. The molecule has 5 rings (SSSR count). The van der Waals surface area contributed by atoms with E-state index in [2.05, 4.69) is 40.1 Å². The maximum absolute atomic E-state index is 13.1. The third-order valence-electron chi connectivity index (χ3n) is 6.64. The van der Waals surface area contributed by atoms with Crippen LogP contribution < -0.4 is 10.3 Å². The van der Waals surface area contributed by atoms with E-state index < -0.39 is 11.9 Å². The highest BCUT2D eigenvalue weighted by Crippen LogP contribution is 2.35. The number of hydrogen-bond donors (Lipinski definition) is 2. The fourth-order valence-corrected chi connectivity index (χ4v) is 4.85. The minimum atomic E-state index is -0.547. The van der Waals surface area contributed by atoms with Gasteiger partial charge in [0.2, 0.25) is 0 Å². The van der Waals surface area contributed by atoms with Crippen molar-refractivity contribution in [1.29, 1.82) is 0 Å². The smallest absolute Gasteiger partial charge is 0.306 e. The summed E-state index contributed by atoms with van der Waals surface area (Å²) in [6.45, 7) is 4.19. The summed E-state index contributed by atoms with van der Waals surface area (Å²) in [7, 11) is 1.35. The largest absolute Gasteiger partial charge is 0.488 e. The number of aryl methyl sites for hydroxylation is 1. The average Bonchev–Trinajstić information content (AvgIpc) is 3.21. The van der Waals surface area contributed by atoms with Gasteiger partial charge in [0.1, 0.15) is 11.4 Å². The van der Waals surface area contributed by atoms with Gasteiger partial charge in [0.05, 0.1) is 24.6 Å². The molecule has 0 amide bonds. The molecule has 2 aromatic heterocycles. The standard InChI is InChI=1S/C27H28N4O4/c1-27(2)10-9-17-13-16(7-8-22(17)35-27)14-21-24(26(33)31-30-21)19(15-23(32)34-3)18-5-4-6-20-25(18)29-12-11-28-20/h4-8,11-13,19H,9-10,14-15H2,1-3H3,(H2,30,31,33)/t19-/m0/s1. The molecular formula is C27H28N4O4. The number of nitrogens with zero attached hydrogens (tertiary/aromatic N) is 2. The number of H-pyrrole nitrogens is 2. The molecule has 4 aromatic rings. The van der Waals surface area contributed by atoms with Gasteiger partial charge in [-0.1, -0.05) is 24.3 Å². The predicted octanol–water partition coefficient (Wildman–Crippen LogP) is 4.04. The van der Waals surface area contributed by atoms with Gasteiger partial charge in [0.15, 0.2) is 0 Å². The molecule has 1 aliphatic heterocycles. The second-order valence-electron chi connectivity index (χ2n) is 9.56. The highest BCUT2D eigenvalue weighted by Gasteiger charge is 2.29. The van der Waals surface area contributed by atoms with Crippen LogP contribution in [-0.4, -0.2) is 38.8 Å². The van der Waals surface area contributed by atoms with Crippen LogP contribution in [0.4, 0.5) is 0 Å². The number of para-hydroxylation sites is 1. The summed E-state index contributed by atoms with van der Waals surface area (Å²) in [4.78, 5) is 34.4. The van der Waals surface area contributed by atoms with Gasteiger partial charge in [-0.3, -0.25) is 24.7 Å². The number of fused-ring (bicyclic) bond motifs is 2. The molecule has 8 nitrogen and oxygen atoms in total. The number of aromatic amines is 2. The fraction of sp³-hybridized carbons (Fsp3) is 0.333. The number of aromatic nitrogens is 4. The lowest BCUT2D eigenvalue weighted by Crippen LogP contribution is -2.32.